The normalized spacial score (nSPS) is 11.0. The van der Waals surface area contributed by atoms with Crippen molar-refractivity contribution in [3.8, 4) is 28.6 Å². The first-order valence-corrected chi connectivity index (χ1v) is 7.71. The Balaban J connectivity index is 2.28. The molecule has 0 spiro atoms. The highest BCUT2D eigenvalue weighted by molar-refractivity contribution is 6.05. The van der Waals surface area contributed by atoms with Crippen LogP contribution < -0.4 is 9.47 Å². The zero-order chi connectivity index (χ0) is 18.7. The summed E-state index contributed by atoms with van der Waals surface area (Å²) in [4.78, 5) is 22.3. The Labute approximate surface area is 149 Å². The van der Waals surface area contributed by atoms with E-state index in [1.807, 2.05) is 0 Å². The van der Waals surface area contributed by atoms with Crippen LogP contribution >= 0.6 is 0 Å². The van der Waals surface area contributed by atoms with Gasteiger partial charge in [0.15, 0.2) is 29.1 Å². The van der Waals surface area contributed by atoms with Crippen LogP contribution in [-0.4, -0.2) is 31.9 Å². The van der Waals surface area contributed by atoms with E-state index in [2.05, 4.69) is 0 Å². The number of benzene rings is 2. The number of allylic oxidation sites excluding steroid dienone is 1. The third-order valence-electron chi connectivity index (χ3n) is 3.96. The molecule has 132 valence electrons. The van der Waals surface area contributed by atoms with E-state index >= 15 is 0 Å². The van der Waals surface area contributed by atoms with E-state index in [0.29, 0.717) is 51.7 Å². The van der Waals surface area contributed by atoms with Gasteiger partial charge in [0.25, 0.3) is 0 Å². The zero-order valence-electron chi connectivity index (χ0n) is 14.2. The lowest BCUT2D eigenvalue weighted by Gasteiger charge is -2.05. The summed E-state index contributed by atoms with van der Waals surface area (Å²) in [6.45, 7) is 0. The monoisotopic (exact) mass is 352 g/mol. The topological polar surface area (TPSA) is 86.0 Å². The molecule has 0 fully saturated rings. The van der Waals surface area contributed by atoms with E-state index in [4.69, 9.17) is 13.9 Å². The molecule has 0 amide bonds. The van der Waals surface area contributed by atoms with Gasteiger partial charge >= 0.3 is 0 Å². The highest BCUT2D eigenvalue weighted by atomic mass is 16.5. The van der Waals surface area contributed by atoms with Crippen molar-refractivity contribution in [1.82, 2.24) is 0 Å². The number of fused-ring (bicyclic) bond motifs is 1. The van der Waals surface area contributed by atoms with Crippen molar-refractivity contribution in [2.75, 3.05) is 14.2 Å². The summed E-state index contributed by atoms with van der Waals surface area (Å²) in [6, 6.07) is 8.13. The first kappa shape index (κ1) is 17.3. The van der Waals surface area contributed by atoms with Crippen LogP contribution in [0.5, 0.6) is 17.2 Å². The van der Waals surface area contributed by atoms with E-state index in [-0.39, 0.29) is 11.5 Å². The lowest BCUT2D eigenvalue weighted by molar-refractivity contribution is -0.104. The highest BCUT2D eigenvalue weighted by Crippen LogP contribution is 2.40. The molecule has 0 aliphatic heterocycles. The van der Waals surface area contributed by atoms with Crippen LogP contribution in [0.4, 0.5) is 0 Å². The van der Waals surface area contributed by atoms with Crippen molar-refractivity contribution >= 4 is 29.6 Å². The second-order valence-electron chi connectivity index (χ2n) is 5.44. The molecule has 26 heavy (non-hydrogen) atoms. The van der Waals surface area contributed by atoms with Crippen molar-refractivity contribution in [2.24, 2.45) is 0 Å². The van der Waals surface area contributed by atoms with Crippen LogP contribution in [0.3, 0.4) is 0 Å². The van der Waals surface area contributed by atoms with E-state index in [1.54, 1.807) is 30.3 Å². The smallest absolute Gasteiger partial charge is 0.177 e. The predicted octanol–water partition coefficient (Wildman–Crippen LogP) is 3.85. The molecule has 0 saturated carbocycles. The molecule has 0 radical (unpaired) electrons. The van der Waals surface area contributed by atoms with Crippen LogP contribution in [0.1, 0.15) is 15.9 Å². The van der Waals surface area contributed by atoms with Gasteiger partial charge in [0.2, 0.25) is 0 Å². The number of furan rings is 1. The summed E-state index contributed by atoms with van der Waals surface area (Å²) in [7, 11) is 2.93. The van der Waals surface area contributed by atoms with Gasteiger partial charge in [-0.15, -0.1) is 0 Å². The molecule has 0 saturated heterocycles. The number of aromatic hydroxyl groups is 1. The second kappa shape index (κ2) is 7.14. The van der Waals surface area contributed by atoms with Gasteiger partial charge in [-0.3, -0.25) is 9.59 Å². The van der Waals surface area contributed by atoms with Gasteiger partial charge in [0, 0.05) is 10.9 Å². The number of carbonyl (C=O) groups is 2. The van der Waals surface area contributed by atoms with Gasteiger partial charge in [-0.1, -0.05) is 6.08 Å². The molecule has 0 unspecified atom stereocenters. The van der Waals surface area contributed by atoms with Crippen LogP contribution in [0.2, 0.25) is 0 Å². The molecule has 3 rings (SSSR count). The SMILES string of the molecule is COc1cc(-c2oc3c(OC)cc(/C=C/C=O)cc3c2C=O)ccc1O. The summed E-state index contributed by atoms with van der Waals surface area (Å²) in [5.41, 5.74) is 2.03. The van der Waals surface area contributed by atoms with Crippen LogP contribution in [0, 0.1) is 0 Å². The number of phenols is 1. The summed E-state index contributed by atoms with van der Waals surface area (Å²) in [5.74, 6) is 1.02. The average Bonchev–Trinajstić information content (AvgIpc) is 3.04. The van der Waals surface area contributed by atoms with Gasteiger partial charge in [-0.05, 0) is 42.0 Å². The van der Waals surface area contributed by atoms with E-state index in [0.717, 1.165) is 0 Å². The highest BCUT2D eigenvalue weighted by Gasteiger charge is 2.20. The fourth-order valence-corrected chi connectivity index (χ4v) is 2.76. The van der Waals surface area contributed by atoms with Gasteiger partial charge in [0.1, 0.15) is 12.0 Å². The van der Waals surface area contributed by atoms with Gasteiger partial charge < -0.3 is 19.0 Å². The number of ether oxygens (including phenoxy) is 2. The molecule has 1 heterocycles. The van der Waals surface area contributed by atoms with Crippen molar-refractivity contribution in [1.29, 1.82) is 0 Å². The maximum atomic E-state index is 11.8. The Morgan fingerprint density at radius 2 is 1.81 bits per heavy atom. The van der Waals surface area contributed by atoms with Crippen molar-refractivity contribution in [3.63, 3.8) is 0 Å². The Hall–Kier alpha value is -3.54. The van der Waals surface area contributed by atoms with Crippen molar-refractivity contribution < 1.29 is 28.6 Å². The molecule has 0 atom stereocenters. The van der Waals surface area contributed by atoms with Crippen molar-refractivity contribution in [2.45, 2.75) is 0 Å². The van der Waals surface area contributed by atoms with Gasteiger partial charge in [-0.25, -0.2) is 0 Å². The Bertz CT molecular complexity index is 1010. The maximum absolute atomic E-state index is 11.8. The lowest BCUT2D eigenvalue weighted by atomic mass is 10.0. The molecular weight excluding hydrogens is 336 g/mol. The minimum Gasteiger partial charge on any atom is -0.504 e. The molecule has 1 aromatic heterocycles. The van der Waals surface area contributed by atoms with Crippen LogP contribution in [0.15, 0.2) is 40.8 Å². The Kier molecular flexibility index (Phi) is 4.75. The Morgan fingerprint density at radius 3 is 2.46 bits per heavy atom. The molecule has 0 aliphatic rings. The minimum absolute atomic E-state index is 0.0149. The summed E-state index contributed by atoms with van der Waals surface area (Å²) >= 11 is 0. The molecule has 0 aliphatic carbocycles. The number of hydrogen-bond acceptors (Lipinski definition) is 6. The minimum atomic E-state index is -0.0149. The molecular formula is C20H16O6. The second-order valence-corrected chi connectivity index (χ2v) is 5.44. The lowest BCUT2D eigenvalue weighted by Crippen LogP contribution is -1.87. The fourth-order valence-electron chi connectivity index (χ4n) is 2.76. The van der Waals surface area contributed by atoms with Crippen molar-refractivity contribution in [3.05, 3.63) is 47.5 Å². The molecule has 3 aromatic rings. The standard InChI is InChI=1S/C20H16O6/c1-24-17-10-13(5-6-16(17)23)19-15(11-22)14-8-12(4-3-7-21)9-18(25-2)20(14)26-19/h3-11,23H,1-2H3/b4-3+. The number of aldehydes is 2. The molecule has 0 bridgehead atoms. The largest absolute Gasteiger partial charge is 0.504 e. The first-order valence-electron chi connectivity index (χ1n) is 7.71. The number of methoxy groups -OCH3 is 2. The summed E-state index contributed by atoms with van der Waals surface area (Å²) < 4.78 is 16.4. The van der Waals surface area contributed by atoms with E-state index in [9.17, 15) is 14.7 Å². The van der Waals surface area contributed by atoms with Crippen LogP contribution in [0.25, 0.3) is 28.4 Å². The first-order chi connectivity index (χ1) is 12.6. The average molecular weight is 352 g/mol. The number of phenolic OH excluding ortho intramolecular Hbond substituents is 1. The molecule has 1 N–H and O–H groups in total. The molecule has 6 heteroatoms. The fraction of sp³-hybridized carbons (Fsp3) is 0.100. The summed E-state index contributed by atoms with van der Waals surface area (Å²) in [5, 5.41) is 10.3. The number of carbonyl (C=O) groups excluding carboxylic acids is 2. The quantitative estimate of drug-likeness (QED) is 0.536. The third kappa shape index (κ3) is 2.93. The summed E-state index contributed by atoms with van der Waals surface area (Å²) in [6.07, 6.45) is 4.33. The number of rotatable bonds is 6. The number of hydrogen-bond donors (Lipinski definition) is 1. The van der Waals surface area contributed by atoms with Crippen LogP contribution in [-0.2, 0) is 4.79 Å². The molecule has 2 aromatic carbocycles. The molecule has 6 nitrogen and oxygen atoms in total. The van der Waals surface area contributed by atoms with E-state index in [1.165, 1.54) is 26.4 Å². The third-order valence-corrected chi connectivity index (χ3v) is 3.96. The van der Waals surface area contributed by atoms with Gasteiger partial charge in [0.05, 0.1) is 19.8 Å². The zero-order valence-corrected chi connectivity index (χ0v) is 14.2. The predicted molar refractivity (Wildman–Crippen MR) is 96.9 cm³/mol. The van der Waals surface area contributed by atoms with Gasteiger partial charge in [-0.2, -0.15) is 0 Å². The maximum Gasteiger partial charge on any atom is 0.177 e. The Morgan fingerprint density at radius 1 is 1.04 bits per heavy atom. The van der Waals surface area contributed by atoms with E-state index < -0.39 is 0 Å².